The summed E-state index contributed by atoms with van der Waals surface area (Å²) in [5.41, 5.74) is 2.69. The van der Waals surface area contributed by atoms with Crippen molar-refractivity contribution in [2.75, 3.05) is 0 Å². The number of hydrogen-bond donors (Lipinski definition) is 0. The molecule has 0 aromatic carbocycles. The molecule has 0 N–H and O–H groups in total. The van der Waals surface area contributed by atoms with Gasteiger partial charge in [0.2, 0.25) is 0 Å². The molecular formula is C13H10F2N4. The van der Waals surface area contributed by atoms with Gasteiger partial charge in [0.1, 0.15) is 5.69 Å². The molecule has 0 aliphatic rings. The maximum absolute atomic E-state index is 12.7. The molecule has 0 unspecified atom stereocenters. The summed E-state index contributed by atoms with van der Waals surface area (Å²) in [7, 11) is 0. The quantitative estimate of drug-likeness (QED) is 0.711. The van der Waals surface area contributed by atoms with Gasteiger partial charge in [-0.1, -0.05) is 0 Å². The van der Waals surface area contributed by atoms with E-state index in [4.69, 9.17) is 0 Å². The normalized spacial score (nSPS) is 11.4. The zero-order valence-corrected chi connectivity index (χ0v) is 10.1. The first kappa shape index (κ1) is 11.7. The molecule has 0 fully saturated rings. The van der Waals surface area contributed by atoms with E-state index in [0.717, 1.165) is 11.1 Å². The SMILES string of the molecule is Cc1cncc(-c2cnc3ccc(C(F)F)nn23)c1. The second-order valence-electron chi connectivity index (χ2n) is 4.22. The van der Waals surface area contributed by atoms with Crippen molar-refractivity contribution in [3.05, 3.63) is 48.0 Å². The van der Waals surface area contributed by atoms with Crippen molar-refractivity contribution in [1.29, 1.82) is 0 Å². The topological polar surface area (TPSA) is 43.1 Å². The van der Waals surface area contributed by atoms with Crippen molar-refractivity contribution in [2.45, 2.75) is 13.3 Å². The number of halogens is 2. The van der Waals surface area contributed by atoms with Gasteiger partial charge >= 0.3 is 0 Å². The lowest BCUT2D eigenvalue weighted by atomic mass is 10.2. The zero-order chi connectivity index (χ0) is 13.4. The molecule has 0 amide bonds. The van der Waals surface area contributed by atoms with Gasteiger partial charge in [0, 0.05) is 18.0 Å². The highest BCUT2D eigenvalue weighted by molar-refractivity contribution is 5.62. The van der Waals surface area contributed by atoms with Crippen molar-refractivity contribution < 1.29 is 8.78 Å². The molecule has 0 spiro atoms. The first-order valence-electron chi connectivity index (χ1n) is 5.70. The number of imidazole rings is 1. The van der Waals surface area contributed by atoms with E-state index in [1.54, 1.807) is 18.6 Å². The number of aromatic nitrogens is 4. The molecule has 0 atom stereocenters. The predicted octanol–water partition coefficient (Wildman–Crippen LogP) is 3.04. The minimum absolute atomic E-state index is 0.271. The predicted molar refractivity (Wildman–Crippen MR) is 65.9 cm³/mol. The lowest BCUT2D eigenvalue weighted by Crippen LogP contribution is -2.00. The lowest BCUT2D eigenvalue weighted by molar-refractivity contribution is 0.144. The van der Waals surface area contributed by atoms with Crippen LogP contribution in [0.15, 0.2) is 36.8 Å². The fourth-order valence-electron chi connectivity index (χ4n) is 1.90. The summed E-state index contributed by atoms with van der Waals surface area (Å²) in [4.78, 5) is 8.24. The summed E-state index contributed by atoms with van der Waals surface area (Å²) < 4.78 is 26.8. The van der Waals surface area contributed by atoms with Crippen LogP contribution in [-0.2, 0) is 0 Å². The van der Waals surface area contributed by atoms with Crippen molar-refractivity contribution >= 4 is 5.65 Å². The Kier molecular flexibility index (Phi) is 2.70. The summed E-state index contributed by atoms with van der Waals surface area (Å²) in [5, 5.41) is 3.92. The molecule has 0 bridgehead atoms. The summed E-state index contributed by atoms with van der Waals surface area (Å²) in [6.45, 7) is 1.91. The number of alkyl halides is 2. The van der Waals surface area contributed by atoms with E-state index in [-0.39, 0.29) is 5.69 Å². The molecule has 19 heavy (non-hydrogen) atoms. The van der Waals surface area contributed by atoms with Gasteiger partial charge in [0.15, 0.2) is 5.65 Å². The highest BCUT2D eigenvalue weighted by Gasteiger charge is 2.13. The third-order valence-electron chi connectivity index (χ3n) is 2.78. The summed E-state index contributed by atoms with van der Waals surface area (Å²) in [6, 6.07) is 4.72. The number of nitrogens with zero attached hydrogens (tertiary/aromatic N) is 4. The largest absolute Gasteiger partial charge is 0.282 e. The van der Waals surface area contributed by atoms with Crippen LogP contribution >= 0.6 is 0 Å². The summed E-state index contributed by atoms with van der Waals surface area (Å²) >= 11 is 0. The molecule has 3 aromatic rings. The second kappa shape index (κ2) is 4.38. The molecule has 0 aliphatic heterocycles. The van der Waals surface area contributed by atoms with E-state index in [9.17, 15) is 8.78 Å². The van der Waals surface area contributed by atoms with Crippen LogP contribution in [0.4, 0.5) is 8.78 Å². The van der Waals surface area contributed by atoms with Gasteiger partial charge < -0.3 is 0 Å². The number of rotatable bonds is 2. The first-order chi connectivity index (χ1) is 9.15. The van der Waals surface area contributed by atoms with Crippen LogP contribution in [0.5, 0.6) is 0 Å². The van der Waals surface area contributed by atoms with Crippen LogP contribution in [0, 0.1) is 6.92 Å². The van der Waals surface area contributed by atoms with Crippen molar-refractivity contribution in [3.8, 4) is 11.3 Å². The molecule has 0 saturated carbocycles. The van der Waals surface area contributed by atoms with E-state index < -0.39 is 6.43 Å². The maximum Gasteiger partial charge on any atom is 0.282 e. The van der Waals surface area contributed by atoms with Crippen LogP contribution in [0.2, 0.25) is 0 Å². The standard InChI is InChI=1S/C13H10F2N4/c1-8-4-9(6-16-5-8)11-7-17-12-3-2-10(13(14)15)18-19(11)12/h2-7,13H,1H3. The number of fused-ring (bicyclic) bond motifs is 1. The Labute approximate surface area is 107 Å². The zero-order valence-electron chi connectivity index (χ0n) is 10.1. The summed E-state index contributed by atoms with van der Waals surface area (Å²) in [6.07, 6.45) is 2.39. The van der Waals surface area contributed by atoms with Crippen LogP contribution in [0.3, 0.4) is 0 Å². The average molecular weight is 260 g/mol. The Balaban J connectivity index is 2.21. The van der Waals surface area contributed by atoms with Gasteiger partial charge in [0.05, 0.1) is 11.9 Å². The highest BCUT2D eigenvalue weighted by Crippen LogP contribution is 2.22. The Morgan fingerprint density at radius 1 is 1.16 bits per heavy atom. The smallest absolute Gasteiger partial charge is 0.264 e. The molecule has 3 heterocycles. The minimum atomic E-state index is -2.60. The van der Waals surface area contributed by atoms with E-state index in [1.807, 2.05) is 13.0 Å². The molecule has 96 valence electrons. The molecule has 4 nitrogen and oxygen atoms in total. The van der Waals surface area contributed by atoms with Crippen molar-refractivity contribution in [1.82, 2.24) is 19.6 Å². The summed E-state index contributed by atoms with van der Waals surface area (Å²) in [5.74, 6) is 0. The molecule has 3 aromatic heterocycles. The fourth-order valence-corrected chi connectivity index (χ4v) is 1.90. The van der Waals surface area contributed by atoms with Gasteiger partial charge in [-0.05, 0) is 30.7 Å². The van der Waals surface area contributed by atoms with Crippen LogP contribution < -0.4 is 0 Å². The van der Waals surface area contributed by atoms with Crippen molar-refractivity contribution in [3.63, 3.8) is 0 Å². The lowest BCUT2D eigenvalue weighted by Gasteiger charge is -2.04. The van der Waals surface area contributed by atoms with Gasteiger partial charge in [-0.2, -0.15) is 5.10 Å². The highest BCUT2D eigenvalue weighted by atomic mass is 19.3. The Morgan fingerprint density at radius 2 is 2.00 bits per heavy atom. The molecule has 0 aliphatic carbocycles. The molecule has 0 radical (unpaired) electrons. The molecule has 0 saturated heterocycles. The van der Waals surface area contributed by atoms with Gasteiger partial charge in [-0.3, -0.25) is 4.98 Å². The Morgan fingerprint density at radius 3 is 2.74 bits per heavy atom. The van der Waals surface area contributed by atoms with E-state index in [0.29, 0.717) is 11.3 Å². The maximum atomic E-state index is 12.7. The van der Waals surface area contributed by atoms with Crippen molar-refractivity contribution in [2.24, 2.45) is 0 Å². The van der Waals surface area contributed by atoms with E-state index in [2.05, 4.69) is 15.1 Å². The van der Waals surface area contributed by atoms with Gasteiger partial charge in [-0.25, -0.2) is 18.3 Å². The van der Waals surface area contributed by atoms with E-state index in [1.165, 1.54) is 16.6 Å². The van der Waals surface area contributed by atoms with Crippen LogP contribution in [-0.4, -0.2) is 19.6 Å². The molecular weight excluding hydrogens is 250 g/mol. The number of pyridine rings is 1. The number of aryl methyl sites for hydroxylation is 1. The van der Waals surface area contributed by atoms with Crippen LogP contribution in [0.25, 0.3) is 16.9 Å². The third kappa shape index (κ3) is 2.05. The van der Waals surface area contributed by atoms with Gasteiger partial charge in [0.25, 0.3) is 6.43 Å². The van der Waals surface area contributed by atoms with Gasteiger partial charge in [-0.15, -0.1) is 0 Å². The Bertz CT molecular complexity index is 736. The monoisotopic (exact) mass is 260 g/mol. The van der Waals surface area contributed by atoms with E-state index >= 15 is 0 Å². The van der Waals surface area contributed by atoms with Crippen LogP contribution in [0.1, 0.15) is 17.7 Å². The Hall–Kier alpha value is -2.37. The second-order valence-corrected chi connectivity index (χ2v) is 4.22. The number of hydrogen-bond acceptors (Lipinski definition) is 3. The first-order valence-corrected chi connectivity index (χ1v) is 5.70. The molecule has 6 heteroatoms. The third-order valence-corrected chi connectivity index (χ3v) is 2.78. The molecule has 3 rings (SSSR count). The average Bonchev–Trinajstić information content (AvgIpc) is 2.81. The minimum Gasteiger partial charge on any atom is -0.264 e. The fraction of sp³-hybridized carbons (Fsp3) is 0.154.